The summed E-state index contributed by atoms with van der Waals surface area (Å²) in [6, 6.07) is 93.1. The minimum atomic E-state index is -0.753. The van der Waals surface area contributed by atoms with Gasteiger partial charge in [-0.25, -0.2) is 45.7 Å². The smallest absolute Gasteiger partial charge is 0.290 e. The van der Waals surface area contributed by atoms with E-state index in [9.17, 15) is 49.9 Å². The minimum Gasteiger partial charge on any atom is -0.451 e. The van der Waals surface area contributed by atoms with Crippen LogP contribution in [0.4, 0.5) is 30.7 Å². The first-order valence-corrected chi connectivity index (χ1v) is 46.3. The van der Waals surface area contributed by atoms with Gasteiger partial charge in [0.15, 0.2) is 29.1 Å². The largest absolute Gasteiger partial charge is 0.451 e. The van der Waals surface area contributed by atoms with Gasteiger partial charge >= 0.3 is 0 Å². The fraction of sp³-hybridized carbons (Fsp3) is 0.139. The van der Waals surface area contributed by atoms with Crippen molar-refractivity contribution in [3.8, 4) is 24.3 Å². The number of para-hydroxylation sites is 4. The first-order valence-electron chi connectivity index (χ1n) is 46.3. The third-order valence-corrected chi connectivity index (χ3v) is 24.1. The van der Waals surface area contributed by atoms with Crippen molar-refractivity contribution in [2.75, 3.05) is 0 Å². The maximum absolute atomic E-state index is 14.7. The Bertz CT molecular complexity index is 8370. The number of pyridine rings is 3. The Morgan fingerprint density at radius 3 is 0.973 bits per heavy atom. The van der Waals surface area contributed by atoms with Gasteiger partial charge in [-0.15, -0.1) is 40.8 Å². The van der Waals surface area contributed by atoms with Crippen molar-refractivity contribution in [2.24, 2.45) is 0 Å². The molecule has 0 atom stereocenters. The van der Waals surface area contributed by atoms with Gasteiger partial charge in [0.2, 0.25) is 0 Å². The number of fused-ring (bicyclic) bond motifs is 4. The Morgan fingerprint density at radius 1 is 0.300 bits per heavy atom. The molecule has 20 aromatic rings. The van der Waals surface area contributed by atoms with Crippen molar-refractivity contribution in [3.05, 3.63) is 494 Å². The number of amides is 4. The number of carbonyl (C=O) groups is 4. The van der Waals surface area contributed by atoms with Crippen molar-refractivity contribution < 1.29 is 54.3 Å². The molecule has 0 aliphatic heterocycles. The van der Waals surface area contributed by atoms with Crippen molar-refractivity contribution >= 4 is 67.3 Å². The van der Waals surface area contributed by atoms with E-state index < -0.39 is 52.6 Å². The van der Waals surface area contributed by atoms with Crippen LogP contribution in [0.2, 0.25) is 0 Å². The van der Waals surface area contributed by atoms with Crippen LogP contribution in [-0.2, 0) is 85.0 Å². The van der Waals surface area contributed by atoms with E-state index in [2.05, 4.69) is 80.0 Å². The first-order chi connectivity index (χ1) is 72.0. The first kappa shape index (κ1) is 105. The van der Waals surface area contributed by atoms with Crippen LogP contribution in [0.1, 0.15) is 159 Å². The summed E-state index contributed by atoms with van der Waals surface area (Å²) >= 11 is 0. The number of furan rings is 1. The van der Waals surface area contributed by atoms with E-state index in [1.165, 1.54) is 51.4 Å². The molecule has 8 aromatic heterocycles. The van der Waals surface area contributed by atoms with Crippen LogP contribution in [0.25, 0.3) is 43.7 Å². The third kappa shape index (κ3) is 26.3. The van der Waals surface area contributed by atoms with Gasteiger partial charge in [0.25, 0.3) is 23.6 Å². The molecule has 35 heteroatoms. The molecule has 0 aliphatic rings. The number of halogens is 7. The molecule has 20 rings (SSSR count). The monoisotopic (exact) mass is 2010 g/mol. The summed E-state index contributed by atoms with van der Waals surface area (Å²) in [4.78, 5) is 74.2. The number of aryl methyl sites for hydroxylation is 1. The average Bonchev–Trinajstić information content (AvgIpc) is 1.56. The third-order valence-electron chi connectivity index (χ3n) is 24.1. The molecule has 8 heterocycles. The predicted octanol–water partition coefficient (Wildman–Crippen LogP) is 21.4. The molecule has 0 radical (unpaired) electrons. The number of rotatable bonds is 29. The molecule has 0 fully saturated rings. The van der Waals surface area contributed by atoms with E-state index in [0.29, 0.717) is 100 Å². The Hall–Kier alpha value is -19.7. The Kier molecular flexibility index (Phi) is 34.2. The number of aromatic nitrogens is 15. The van der Waals surface area contributed by atoms with E-state index in [1.54, 1.807) is 141 Å². The van der Waals surface area contributed by atoms with Gasteiger partial charge in [0.1, 0.15) is 88.7 Å². The molecule has 0 saturated carbocycles. The SMILES string of the molecule is C.C.CCc1cc(C(=O)N(Cc2ccc(F)cc2F)Cc2nncn2Cc2ccc(C#N)cc2)nc2ccccc12.N#Cc1ccc(Cn2cnnc2CN(Cc2ccc(F)cc2)C(=O)c2ccc3ccccc3n2)cc1.N#Cc1ccc(Cn2cnnc2CN(Cc2ccc(F)cc2F)C(=O)c2cc3ccccc3o2)cc1.N#Cc1ccc(Cn2cnnc2CN(Cc2ccc(F)cc2F)C(=O)c2ccc3ccccc3n2)cc1. The van der Waals surface area contributed by atoms with Gasteiger partial charge in [-0.05, 0) is 167 Å². The summed E-state index contributed by atoms with van der Waals surface area (Å²) in [7, 11) is 0. The molecule has 0 spiro atoms. The number of benzene rings is 12. The van der Waals surface area contributed by atoms with Crippen molar-refractivity contribution in [2.45, 2.75) is 107 Å². The summed E-state index contributed by atoms with van der Waals surface area (Å²) in [5, 5.41) is 72.6. The molecule has 0 N–H and O–H groups in total. The Morgan fingerprint density at radius 2 is 0.613 bits per heavy atom. The van der Waals surface area contributed by atoms with Crippen LogP contribution in [-0.4, -0.2) is 117 Å². The van der Waals surface area contributed by atoms with Crippen LogP contribution < -0.4 is 0 Å². The van der Waals surface area contributed by atoms with Crippen LogP contribution in [0.3, 0.4) is 0 Å². The van der Waals surface area contributed by atoms with Crippen LogP contribution in [0, 0.1) is 86.0 Å². The Labute approximate surface area is 856 Å². The summed E-state index contributed by atoms with van der Waals surface area (Å²) in [6.07, 6.45) is 6.95. The number of carbonyl (C=O) groups excluding carboxylic acids is 4. The molecule has 12 aromatic carbocycles. The predicted molar refractivity (Wildman–Crippen MR) is 545 cm³/mol. The number of nitriles is 4. The van der Waals surface area contributed by atoms with Crippen molar-refractivity contribution in [3.63, 3.8) is 0 Å². The van der Waals surface area contributed by atoms with Gasteiger partial charge in [0, 0.05) is 82.6 Å². The fourth-order valence-corrected chi connectivity index (χ4v) is 16.3. The van der Waals surface area contributed by atoms with Crippen LogP contribution in [0.15, 0.2) is 339 Å². The highest BCUT2D eigenvalue weighted by atomic mass is 19.2. The molecular formula is C115H92F7N23O5. The standard InChI is InChI=1S/C30H24F2N6O.C28H20F2N6O.C28H21FN6O.C27H19F2N5O2.2CH4/c1-2-22-13-28(35-27-6-4-3-5-25(22)27)30(39)37(17-23-11-12-24(31)14-26(23)32)18-29-36-34-19-38(29)16-21-9-7-20(15-33)8-10-21;29-23-11-9-22(24(30)13-23)16-35(28(37)26-12-10-21-3-1-2-4-25(21)33-26)17-27-34-32-18-36(27)15-20-7-5-19(14-31)6-8-20;29-24-12-9-22(10-13-24)16-34(28(36)26-14-11-23-3-1-2-4-25(23)32-26)18-27-33-31-19-35(27)17-21-7-5-20(15-30)6-8-21;28-22-10-9-21(23(29)12-22)15-33(27(35)25-11-20-3-1-2-4-24(20)36-25)16-26-32-31-17-34(26)14-19-7-5-18(13-30)6-8-19;;/h3-14,19H,2,16-18H2,1H3;1-13,18H,15-17H2;1-14,19H,16-18H2;1-12,17H,14-16H2;2*1H4. The molecule has 150 heavy (non-hydrogen) atoms. The second kappa shape index (κ2) is 49.1. The number of nitrogens with zero attached hydrogens (tertiary/aromatic N) is 23. The van der Waals surface area contributed by atoms with Gasteiger partial charge in [-0.2, -0.15) is 21.0 Å². The molecule has 746 valence electrons. The highest BCUT2D eigenvalue weighted by Gasteiger charge is 2.30. The zero-order chi connectivity index (χ0) is 103. The zero-order valence-corrected chi connectivity index (χ0v) is 78.9. The van der Waals surface area contributed by atoms with Gasteiger partial charge < -0.3 is 42.3 Å². The molecule has 0 aliphatic carbocycles. The summed E-state index contributed by atoms with van der Waals surface area (Å²) < 4.78 is 111. The highest BCUT2D eigenvalue weighted by Crippen LogP contribution is 2.29. The van der Waals surface area contributed by atoms with Gasteiger partial charge in [-0.1, -0.05) is 186 Å². The van der Waals surface area contributed by atoms with Gasteiger partial charge in [0.05, 0.1) is 115 Å². The summed E-state index contributed by atoms with van der Waals surface area (Å²) in [6.45, 7) is 3.81. The topological polar surface area (TPSA) is 351 Å². The van der Waals surface area contributed by atoms with E-state index in [-0.39, 0.29) is 113 Å². The van der Waals surface area contributed by atoms with E-state index in [1.807, 2.05) is 151 Å². The van der Waals surface area contributed by atoms with E-state index in [4.69, 9.17) is 25.5 Å². The summed E-state index contributed by atoms with van der Waals surface area (Å²) in [5.74, 6) is -4.14. The zero-order valence-electron chi connectivity index (χ0n) is 78.9. The highest BCUT2D eigenvalue weighted by molar-refractivity contribution is 5.98. The second-order valence-corrected chi connectivity index (χ2v) is 34.2. The number of hydrogen-bond acceptors (Lipinski definition) is 20. The molecule has 0 unspecified atom stereocenters. The molecule has 0 bridgehead atoms. The van der Waals surface area contributed by atoms with Crippen LogP contribution >= 0.6 is 0 Å². The summed E-state index contributed by atoms with van der Waals surface area (Å²) in [5.41, 5.74) is 11.6. The lowest BCUT2D eigenvalue weighted by molar-refractivity contribution is 0.0689. The number of hydrogen-bond donors (Lipinski definition) is 0. The lowest BCUT2D eigenvalue weighted by atomic mass is 10.0. The van der Waals surface area contributed by atoms with E-state index >= 15 is 0 Å². The lowest BCUT2D eigenvalue weighted by Gasteiger charge is -2.23. The minimum absolute atomic E-state index is 0. The maximum Gasteiger partial charge on any atom is 0.290 e. The Balaban J connectivity index is 0.000000149. The normalized spacial score (nSPS) is 10.7. The fourth-order valence-electron chi connectivity index (χ4n) is 16.3. The molecular weight excluding hydrogens is 1920 g/mol. The maximum atomic E-state index is 14.7. The molecule has 0 saturated heterocycles. The van der Waals surface area contributed by atoms with Crippen molar-refractivity contribution in [1.29, 1.82) is 21.0 Å². The molecule has 28 nitrogen and oxygen atoms in total. The van der Waals surface area contributed by atoms with Crippen LogP contribution in [0.5, 0.6) is 0 Å². The second-order valence-electron chi connectivity index (χ2n) is 34.2. The quantitative estimate of drug-likeness (QED) is 0.0393. The van der Waals surface area contributed by atoms with Gasteiger partial charge in [-0.3, -0.25) is 19.2 Å². The average molecular weight is 2010 g/mol. The molecule has 4 amide bonds. The van der Waals surface area contributed by atoms with Crippen molar-refractivity contribution in [1.82, 2.24) is 93.6 Å². The van der Waals surface area contributed by atoms with E-state index in [0.717, 1.165) is 96.8 Å². The lowest BCUT2D eigenvalue weighted by Crippen LogP contribution is -2.32.